The molecule has 6 heteroatoms. The molecule has 0 radical (unpaired) electrons. The van der Waals surface area contributed by atoms with Crippen molar-refractivity contribution in [3.05, 3.63) is 73.7 Å². The van der Waals surface area contributed by atoms with Crippen LogP contribution in [0.1, 0.15) is 16.7 Å². The zero-order chi connectivity index (χ0) is 14.7. The molecular weight excluding hydrogens is 258 g/mol. The molecule has 0 spiro atoms. The smallest absolute Gasteiger partial charge is 0.288 e. The Morgan fingerprint density at radius 2 is 2.00 bits per heavy atom. The largest absolute Gasteiger partial charge is 0.304 e. The summed E-state index contributed by atoms with van der Waals surface area (Å²) in [4.78, 5) is 22.2. The molecule has 1 heterocycles. The zero-order valence-electron chi connectivity index (χ0n) is 10.7. The molecule has 2 rings (SSSR count). The van der Waals surface area contributed by atoms with E-state index in [4.69, 9.17) is 5.26 Å². The first kappa shape index (κ1) is 13.5. The summed E-state index contributed by atoms with van der Waals surface area (Å²) in [5, 5.41) is 19.6. The summed E-state index contributed by atoms with van der Waals surface area (Å²) in [6, 6.07) is 9.98. The van der Waals surface area contributed by atoms with E-state index in [1.807, 2.05) is 6.07 Å². The predicted molar refractivity (Wildman–Crippen MR) is 72.4 cm³/mol. The molecule has 20 heavy (non-hydrogen) atoms. The molecule has 0 fully saturated rings. The summed E-state index contributed by atoms with van der Waals surface area (Å²) in [7, 11) is 0. The Hall–Kier alpha value is -2.94. The lowest BCUT2D eigenvalue weighted by molar-refractivity contribution is -0.385. The average Bonchev–Trinajstić information content (AvgIpc) is 2.42. The molecule has 6 nitrogen and oxygen atoms in total. The third-order valence-corrected chi connectivity index (χ3v) is 2.94. The normalized spacial score (nSPS) is 10.0. The summed E-state index contributed by atoms with van der Waals surface area (Å²) in [6.07, 6.45) is 1.25. The Kier molecular flexibility index (Phi) is 3.62. The summed E-state index contributed by atoms with van der Waals surface area (Å²) >= 11 is 0. The highest BCUT2D eigenvalue weighted by molar-refractivity contribution is 5.36. The molecule has 0 aliphatic carbocycles. The van der Waals surface area contributed by atoms with Crippen LogP contribution >= 0.6 is 0 Å². The van der Waals surface area contributed by atoms with Gasteiger partial charge in [-0.15, -0.1) is 0 Å². The van der Waals surface area contributed by atoms with Crippen LogP contribution < -0.4 is 5.56 Å². The minimum Gasteiger partial charge on any atom is -0.304 e. The van der Waals surface area contributed by atoms with Gasteiger partial charge in [-0.25, -0.2) is 0 Å². The molecule has 0 aliphatic rings. The number of hydrogen-bond donors (Lipinski definition) is 0. The number of aromatic nitrogens is 1. The van der Waals surface area contributed by atoms with E-state index in [2.05, 4.69) is 0 Å². The highest BCUT2D eigenvalue weighted by atomic mass is 16.6. The van der Waals surface area contributed by atoms with E-state index in [1.165, 1.54) is 23.8 Å². The zero-order valence-corrected chi connectivity index (χ0v) is 10.7. The van der Waals surface area contributed by atoms with Crippen molar-refractivity contribution < 1.29 is 4.92 Å². The Morgan fingerprint density at radius 1 is 1.35 bits per heavy atom. The van der Waals surface area contributed by atoms with Gasteiger partial charge in [-0.1, -0.05) is 12.1 Å². The van der Waals surface area contributed by atoms with Gasteiger partial charge in [0, 0.05) is 11.6 Å². The Labute approximate surface area is 114 Å². The van der Waals surface area contributed by atoms with Gasteiger partial charge in [-0.2, -0.15) is 5.26 Å². The van der Waals surface area contributed by atoms with Crippen molar-refractivity contribution in [2.24, 2.45) is 0 Å². The molecule has 1 aromatic heterocycles. The first-order valence-electron chi connectivity index (χ1n) is 5.86. The second kappa shape index (κ2) is 5.36. The lowest BCUT2D eigenvalue weighted by Gasteiger charge is -2.07. The van der Waals surface area contributed by atoms with Crippen LogP contribution in [0, 0.1) is 28.4 Å². The number of nitriles is 1. The Morgan fingerprint density at radius 3 is 2.55 bits per heavy atom. The average molecular weight is 269 g/mol. The van der Waals surface area contributed by atoms with E-state index in [0.717, 1.165) is 5.56 Å². The van der Waals surface area contributed by atoms with Crippen LogP contribution in [-0.4, -0.2) is 9.49 Å². The van der Waals surface area contributed by atoms with E-state index >= 15 is 0 Å². The molecule has 0 atom stereocenters. The van der Waals surface area contributed by atoms with Crippen LogP contribution in [0.3, 0.4) is 0 Å². The molecule has 2 aromatic rings. The van der Waals surface area contributed by atoms with Gasteiger partial charge in [-0.05, 0) is 24.6 Å². The third kappa shape index (κ3) is 2.72. The van der Waals surface area contributed by atoms with Crippen LogP contribution in [0.2, 0.25) is 0 Å². The number of pyridine rings is 1. The van der Waals surface area contributed by atoms with Crippen molar-refractivity contribution in [2.45, 2.75) is 13.5 Å². The number of nitro groups is 1. The number of benzene rings is 1. The number of rotatable bonds is 3. The van der Waals surface area contributed by atoms with E-state index in [9.17, 15) is 14.9 Å². The maximum Gasteiger partial charge on any atom is 0.288 e. The first-order chi connectivity index (χ1) is 9.51. The molecule has 1 aromatic carbocycles. The van der Waals surface area contributed by atoms with Gasteiger partial charge in [0.25, 0.3) is 11.2 Å². The Bertz CT molecular complexity index is 755. The molecule has 0 saturated carbocycles. The fourth-order valence-electron chi connectivity index (χ4n) is 1.85. The molecule has 0 saturated heterocycles. The van der Waals surface area contributed by atoms with E-state index in [-0.39, 0.29) is 17.8 Å². The monoisotopic (exact) mass is 269 g/mol. The van der Waals surface area contributed by atoms with E-state index in [0.29, 0.717) is 11.1 Å². The molecule has 0 aliphatic heterocycles. The van der Waals surface area contributed by atoms with Crippen molar-refractivity contribution in [2.75, 3.05) is 0 Å². The van der Waals surface area contributed by atoms with Crippen LogP contribution in [-0.2, 0) is 6.54 Å². The quantitative estimate of drug-likeness (QED) is 0.629. The van der Waals surface area contributed by atoms with Gasteiger partial charge in [0.05, 0.1) is 29.3 Å². The van der Waals surface area contributed by atoms with Crippen molar-refractivity contribution >= 4 is 5.69 Å². The SMILES string of the molecule is Cc1cc(=O)n(Cc2ccc(C#N)cc2)cc1[N+](=O)[O-]. The first-order valence-corrected chi connectivity index (χ1v) is 5.86. The molecule has 0 N–H and O–H groups in total. The summed E-state index contributed by atoms with van der Waals surface area (Å²) in [5.41, 5.74) is 1.28. The van der Waals surface area contributed by atoms with Crippen LogP contribution in [0.15, 0.2) is 41.3 Å². The minimum absolute atomic E-state index is 0.0850. The molecule has 0 amide bonds. The van der Waals surface area contributed by atoms with Crippen molar-refractivity contribution in [3.8, 4) is 6.07 Å². The molecular formula is C14H11N3O3. The van der Waals surface area contributed by atoms with Crippen LogP contribution in [0.5, 0.6) is 0 Å². The maximum absolute atomic E-state index is 11.8. The summed E-state index contributed by atoms with van der Waals surface area (Å²) in [6.45, 7) is 1.76. The number of aryl methyl sites for hydroxylation is 1. The van der Waals surface area contributed by atoms with Gasteiger partial charge >= 0.3 is 0 Å². The van der Waals surface area contributed by atoms with Gasteiger partial charge < -0.3 is 4.57 Å². The third-order valence-electron chi connectivity index (χ3n) is 2.94. The fraction of sp³-hybridized carbons (Fsp3) is 0.143. The lowest BCUT2D eigenvalue weighted by Crippen LogP contribution is -2.20. The number of hydrogen-bond acceptors (Lipinski definition) is 4. The summed E-state index contributed by atoms with van der Waals surface area (Å²) < 4.78 is 1.28. The highest BCUT2D eigenvalue weighted by Gasteiger charge is 2.13. The van der Waals surface area contributed by atoms with Crippen LogP contribution in [0.4, 0.5) is 5.69 Å². The maximum atomic E-state index is 11.8. The predicted octanol–water partition coefficient (Wildman–Crippen LogP) is 1.98. The van der Waals surface area contributed by atoms with E-state index in [1.54, 1.807) is 24.3 Å². The lowest BCUT2D eigenvalue weighted by atomic mass is 10.1. The van der Waals surface area contributed by atoms with Crippen LogP contribution in [0.25, 0.3) is 0 Å². The second-order valence-corrected chi connectivity index (χ2v) is 4.37. The van der Waals surface area contributed by atoms with Crippen molar-refractivity contribution in [3.63, 3.8) is 0 Å². The molecule has 100 valence electrons. The van der Waals surface area contributed by atoms with Gasteiger partial charge in [-0.3, -0.25) is 14.9 Å². The van der Waals surface area contributed by atoms with Crippen molar-refractivity contribution in [1.29, 1.82) is 5.26 Å². The van der Waals surface area contributed by atoms with Gasteiger partial charge in [0.2, 0.25) is 0 Å². The highest BCUT2D eigenvalue weighted by Crippen LogP contribution is 2.15. The minimum atomic E-state index is -0.510. The fourth-order valence-corrected chi connectivity index (χ4v) is 1.85. The second-order valence-electron chi connectivity index (χ2n) is 4.37. The number of nitrogens with zero attached hydrogens (tertiary/aromatic N) is 3. The standard InChI is InChI=1S/C14H11N3O3/c1-10-6-14(18)16(9-13(10)17(19)20)8-12-4-2-11(7-15)3-5-12/h2-6,9H,8H2,1H3. The van der Waals surface area contributed by atoms with Gasteiger partial charge in [0.15, 0.2) is 0 Å². The summed E-state index contributed by atoms with van der Waals surface area (Å²) in [5.74, 6) is 0. The topological polar surface area (TPSA) is 88.9 Å². The Balaban J connectivity index is 2.38. The van der Waals surface area contributed by atoms with E-state index < -0.39 is 4.92 Å². The molecule has 0 unspecified atom stereocenters. The van der Waals surface area contributed by atoms with Crippen molar-refractivity contribution in [1.82, 2.24) is 4.57 Å². The molecule has 0 bridgehead atoms. The van der Waals surface area contributed by atoms with Gasteiger partial charge in [0.1, 0.15) is 0 Å².